The van der Waals surface area contributed by atoms with Crippen molar-refractivity contribution in [2.45, 2.75) is 26.1 Å². The van der Waals surface area contributed by atoms with Gasteiger partial charge in [0, 0.05) is 22.9 Å². The van der Waals surface area contributed by atoms with Crippen LogP contribution in [0.4, 0.5) is 18.9 Å². The maximum absolute atomic E-state index is 12.5. The van der Waals surface area contributed by atoms with E-state index < -0.39 is 12.1 Å². The fraction of sp³-hybridized carbons (Fsp3) is 0.235. The normalized spacial score (nSPS) is 10.7. The van der Waals surface area contributed by atoms with Gasteiger partial charge in [-0.25, -0.2) is 4.79 Å². The molecule has 0 fully saturated rings. The topological polar surface area (TPSA) is 70.5 Å². The van der Waals surface area contributed by atoms with Gasteiger partial charge in [-0.2, -0.15) is 13.2 Å². The standard InChI is InChI=1S/C15H15ClN2O.C2HF3O2/c1-11(2)18(13-7-5-6-12(16)10-13)15(19)14-8-3-4-9-17-14;3-2(4,5)1(6)7/h3-11H,1-2H3;(H,6,7). The molecule has 1 heterocycles. The van der Waals surface area contributed by atoms with Crippen molar-refractivity contribution >= 4 is 29.2 Å². The van der Waals surface area contributed by atoms with Gasteiger partial charge in [0.25, 0.3) is 5.91 Å². The molecular weight excluding hydrogens is 373 g/mol. The molecule has 2 aromatic rings. The summed E-state index contributed by atoms with van der Waals surface area (Å²) in [5.41, 5.74) is 1.20. The number of carboxylic acids is 1. The first-order valence-electron chi connectivity index (χ1n) is 7.34. The molecule has 0 spiro atoms. The quantitative estimate of drug-likeness (QED) is 0.844. The number of alkyl halides is 3. The average molecular weight is 389 g/mol. The third-order valence-electron chi connectivity index (χ3n) is 2.95. The van der Waals surface area contributed by atoms with E-state index in [1.165, 1.54) is 0 Å². The minimum Gasteiger partial charge on any atom is -0.475 e. The SMILES string of the molecule is CC(C)N(C(=O)c1ccccn1)c1cccc(Cl)c1.O=C(O)C(F)(F)F. The van der Waals surface area contributed by atoms with Crippen LogP contribution in [0.5, 0.6) is 0 Å². The van der Waals surface area contributed by atoms with Crippen LogP contribution >= 0.6 is 11.6 Å². The van der Waals surface area contributed by atoms with E-state index in [2.05, 4.69) is 4.98 Å². The molecule has 0 aliphatic carbocycles. The number of hydrogen-bond donors (Lipinski definition) is 1. The minimum atomic E-state index is -5.08. The van der Waals surface area contributed by atoms with Crippen molar-refractivity contribution in [1.29, 1.82) is 0 Å². The first kappa shape index (κ1) is 21.4. The van der Waals surface area contributed by atoms with E-state index in [0.717, 1.165) is 5.69 Å². The van der Waals surface area contributed by atoms with Crippen LogP contribution < -0.4 is 4.90 Å². The molecule has 0 unspecified atom stereocenters. The Labute approximate surface area is 153 Å². The van der Waals surface area contributed by atoms with Crippen LogP contribution in [0.15, 0.2) is 48.7 Å². The molecule has 0 bridgehead atoms. The molecule has 1 aromatic heterocycles. The van der Waals surface area contributed by atoms with E-state index in [1.807, 2.05) is 26.0 Å². The summed E-state index contributed by atoms with van der Waals surface area (Å²) in [4.78, 5) is 27.2. The molecule has 2 rings (SSSR count). The summed E-state index contributed by atoms with van der Waals surface area (Å²) in [6.45, 7) is 3.92. The van der Waals surface area contributed by atoms with Crippen molar-refractivity contribution in [3.05, 3.63) is 59.4 Å². The molecular formula is C17H16ClF3N2O3. The van der Waals surface area contributed by atoms with Gasteiger partial charge in [0.15, 0.2) is 0 Å². The minimum absolute atomic E-state index is 0.0213. The van der Waals surface area contributed by atoms with Crippen molar-refractivity contribution in [3.63, 3.8) is 0 Å². The highest BCUT2D eigenvalue weighted by Crippen LogP contribution is 2.23. The summed E-state index contributed by atoms with van der Waals surface area (Å²) < 4.78 is 31.7. The maximum atomic E-state index is 12.5. The Morgan fingerprint density at radius 2 is 1.77 bits per heavy atom. The van der Waals surface area contributed by atoms with Crippen LogP contribution in [0.3, 0.4) is 0 Å². The number of amides is 1. The van der Waals surface area contributed by atoms with Crippen LogP contribution in [0.1, 0.15) is 24.3 Å². The van der Waals surface area contributed by atoms with Gasteiger partial charge in [-0.05, 0) is 44.2 Å². The van der Waals surface area contributed by atoms with E-state index >= 15 is 0 Å². The number of carbonyl (C=O) groups is 2. The number of carboxylic acid groups (broad SMARTS) is 1. The van der Waals surface area contributed by atoms with Gasteiger partial charge in [-0.3, -0.25) is 9.78 Å². The second-order valence-electron chi connectivity index (χ2n) is 5.27. The number of aromatic nitrogens is 1. The fourth-order valence-corrected chi connectivity index (χ4v) is 2.07. The number of benzene rings is 1. The van der Waals surface area contributed by atoms with Crippen LogP contribution in [0.2, 0.25) is 5.02 Å². The number of nitrogens with zero attached hydrogens (tertiary/aromatic N) is 2. The Hall–Kier alpha value is -2.61. The number of hydrogen-bond acceptors (Lipinski definition) is 3. The summed E-state index contributed by atoms with van der Waals surface area (Å²) in [6, 6.07) is 12.6. The van der Waals surface area contributed by atoms with Gasteiger partial charge in [-0.1, -0.05) is 23.7 Å². The lowest BCUT2D eigenvalue weighted by Gasteiger charge is -2.26. The molecule has 1 N–H and O–H groups in total. The average Bonchev–Trinajstić information content (AvgIpc) is 2.55. The van der Waals surface area contributed by atoms with Crippen molar-refractivity contribution in [3.8, 4) is 0 Å². The molecule has 0 aliphatic rings. The highest BCUT2D eigenvalue weighted by Gasteiger charge is 2.38. The number of pyridine rings is 1. The second-order valence-corrected chi connectivity index (χ2v) is 5.70. The smallest absolute Gasteiger partial charge is 0.475 e. The fourth-order valence-electron chi connectivity index (χ4n) is 1.89. The zero-order valence-electron chi connectivity index (χ0n) is 13.9. The summed E-state index contributed by atoms with van der Waals surface area (Å²) in [7, 11) is 0. The molecule has 5 nitrogen and oxygen atoms in total. The molecule has 140 valence electrons. The highest BCUT2D eigenvalue weighted by molar-refractivity contribution is 6.31. The summed E-state index contributed by atoms with van der Waals surface area (Å²) >= 11 is 5.99. The zero-order valence-corrected chi connectivity index (χ0v) is 14.6. The van der Waals surface area contributed by atoms with Crippen molar-refractivity contribution < 1.29 is 27.9 Å². The van der Waals surface area contributed by atoms with E-state index in [4.69, 9.17) is 21.5 Å². The Balaban J connectivity index is 0.000000412. The van der Waals surface area contributed by atoms with Crippen molar-refractivity contribution in [2.24, 2.45) is 0 Å². The Kier molecular flexibility index (Phi) is 7.57. The lowest BCUT2D eigenvalue weighted by Crippen LogP contribution is -2.37. The van der Waals surface area contributed by atoms with Gasteiger partial charge in [-0.15, -0.1) is 0 Å². The Bertz CT molecular complexity index is 752. The maximum Gasteiger partial charge on any atom is 0.490 e. The molecule has 1 aromatic carbocycles. The monoisotopic (exact) mass is 388 g/mol. The molecule has 9 heteroatoms. The summed E-state index contributed by atoms with van der Waals surface area (Å²) in [5, 5.41) is 7.73. The van der Waals surface area contributed by atoms with E-state index in [1.54, 1.807) is 41.4 Å². The molecule has 26 heavy (non-hydrogen) atoms. The van der Waals surface area contributed by atoms with Gasteiger partial charge in [0.1, 0.15) is 5.69 Å². The van der Waals surface area contributed by atoms with Gasteiger partial charge < -0.3 is 10.0 Å². The van der Waals surface area contributed by atoms with Gasteiger partial charge in [0.2, 0.25) is 0 Å². The second kappa shape index (κ2) is 9.19. The Morgan fingerprint density at radius 1 is 1.15 bits per heavy atom. The lowest BCUT2D eigenvalue weighted by atomic mass is 10.2. The highest BCUT2D eigenvalue weighted by atomic mass is 35.5. The molecule has 1 amide bonds. The third kappa shape index (κ3) is 6.36. The Morgan fingerprint density at radius 3 is 2.19 bits per heavy atom. The molecule has 0 saturated carbocycles. The number of aliphatic carboxylic acids is 1. The summed E-state index contributed by atoms with van der Waals surface area (Å²) in [5.74, 6) is -2.88. The predicted octanol–water partition coefficient (Wildman–Crippen LogP) is 4.42. The van der Waals surface area contributed by atoms with Crippen LogP contribution in [-0.4, -0.2) is 34.2 Å². The first-order chi connectivity index (χ1) is 12.0. The molecule has 0 saturated heterocycles. The van der Waals surface area contributed by atoms with Crippen LogP contribution in [0.25, 0.3) is 0 Å². The number of anilines is 1. The van der Waals surface area contributed by atoms with Crippen LogP contribution in [-0.2, 0) is 4.79 Å². The lowest BCUT2D eigenvalue weighted by molar-refractivity contribution is -0.192. The van der Waals surface area contributed by atoms with Crippen LogP contribution in [0, 0.1) is 0 Å². The molecule has 0 aliphatic heterocycles. The van der Waals surface area contributed by atoms with E-state index in [0.29, 0.717) is 10.7 Å². The van der Waals surface area contributed by atoms with Crippen molar-refractivity contribution in [2.75, 3.05) is 4.90 Å². The van der Waals surface area contributed by atoms with Crippen molar-refractivity contribution in [1.82, 2.24) is 4.98 Å². The molecule has 0 atom stereocenters. The number of rotatable bonds is 3. The first-order valence-corrected chi connectivity index (χ1v) is 7.72. The number of carbonyl (C=O) groups excluding carboxylic acids is 1. The number of halogens is 4. The predicted molar refractivity (Wildman–Crippen MR) is 91.3 cm³/mol. The third-order valence-corrected chi connectivity index (χ3v) is 3.18. The molecule has 0 radical (unpaired) electrons. The van der Waals surface area contributed by atoms with E-state index in [9.17, 15) is 18.0 Å². The van der Waals surface area contributed by atoms with Gasteiger partial charge in [0.05, 0.1) is 0 Å². The summed E-state index contributed by atoms with van der Waals surface area (Å²) in [6.07, 6.45) is -3.47. The van der Waals surface area contributed by atoms with E-state index in [-0.39, 0.29) is 11.9 Å². The zero-order chi connectivity index (χ0) is 19.9. The largest absolute Gasteiger partial charge is 0.490 e. The van der Waals surface area contributed by atoms with Gasteiger partial charge >= 0.3 is 12.1 Å².